The molecule has 0 aliphatic heterocycles. The van der Waals surface area contributed by atoms with Crippen LogP contribution < -0.4 is 4.90 Å². The highest BCUT2D eigenvalue weighted by Crippen LogP contribution is 2.35. The normalized spacial score (nSPS) is 19.4. The first kappa shape index (κ1) is 11.3. The lowest BCUT2D eigenvalue weighted by Crippen LogP contribution is -2.29. The van der Waals surface area contributed by atoms with Crippen LogP contribution in [0.1, 0.15) is 31.5 Å². The molecule has 0 atom stereocenters. The summed E-state index contributed by atoms with van der Waals surface area (Å²) in [5.41, 5.74) is 0. The number of nitrogens with zero attached hydrogens (tertiary/aromatic N) is 3. The maximum atomic E-state index is 6.02. The number of rotatable bonds is 5. The van der Waals surface area contributed by atoms with E-state index >= 15 is 0 Å². The second kappa shape index (κ2) is 4.45. The van der Waals surface area contributed by atoms with Crippen molar-refractivity contribution in [2.75, 3.05) is 18.0 Å². The maximum Gasteiger partial charge on any atom is 0.134 e. The lowest BCUT2D eigenvalue weighted by atomic mass is 10.3. The molecule has 0 unspecified atom stereocenters. The number of aryl methyl sites for hydroxylation is 1. The molecule has 1 heterocycles. The second-order valence-corrected chi connectivity index (χ2v) is 5.78. The third kappa shape index (κ3) is 3.09. The Labute approximate surface area is 107 Å². The minimum Gasteiger partial charge on any atom is -0.356 e. The fourth-order valence-corrected chi connectivity index (χ4v) is 2.38. The van der Waals surface area contributed by atoms with E-state index in [1.165, 1.54) is 25.7 Å². The van der Waals surface area contributed by atoms with E-state index in [1.807, 2.05) is 13.0 Å². The van der Waals surface area contributed by atoms with Gasteiger partial charge in [0.05, 0.1) is 0 Å². The first-order chi connectivity index (χ1) is 8.20. The first-order valence-electron chi connectivity index (χ1n) is 6.47. The summed E-state index contributed by atoms with van der Waals surface area (Å²) >= 11 is 6.02. The topological polar surface area (TPSA) is 29.0 Å². The van der Waals surface area contributed by atoms with Crippen LogP contribution in [0.5, 0.6) is 0 Å². The van der Waals surface area contributed by atoms with Crippen molar-refractivity contribution in [3.8, 4) is 0 Å². The van der Waals surface area contributed by atoms with E-state index in [4.69, 9.17) is 11.6 Å². The Morgan fingerprint density at radius 2 is 1.76 bits per heavy atom. The minimum atomic E-state index is 0.559. The zero-order chi connectivity index (χ0) is 11.8. The second-order valence-electron chi connectivity index (χ2n) is 5.39. The fourth-order valence-electron chi connectivity index (χ4n) is 2.16. The molecule has 1 aromatic rings. The van der Waals surface area contributed by atoms with Gasteiger partial charge in [0.15, 0.2) is 0 Å². The molecular formula is C13H18ClN3. The SMILES string of the molecule is Cc1nc(Cl)cc(N(CC2CC2)CC2CC2)n1. The van der Waals surface area contributed by atoms with Crippen molar-refractivity contribution in [1.82, 2.24) is 9.97 Å². The van der Waals surface area contributed by atoms with Crippen LogP contribution in [0.25, 0.3) is 0 Å². The third-order valence-corrected chi connectivity index (χ3v) is 3.66. The van der Waals surface area contributed by atoms with E-state index in [9.17, 15) is 0 Å². The summed E-state index contributed by atoms with van der Waals surface area (Å²) in [6.45, 7) is 4.19. The molecule has 2 saturated carbocycles. The quantitative estimate of drug-likeness (QED) is 0.754. The molecule has 0 saturated heterocycles. The van der Waals surface area contributed by atoms with Gasteiger partial charge in [0, 0.05) is 19.2 Å². The number of hydrogen-bond donors (Lipinski definition) is 0. The van der Waals surface area contributed by atoms with E-state index in [-0.39, 0.29) is 0 Å². The zero-order valence-electron chi connectivity index (χ0n) is 10.2. The average Bonchev–Trinajstić information content (AvgIpc) is 3.09. The molecular weight excluding hydrogens is 234 g/mol. The molecule has 4 heteroatoms. The first-order valence-corrected chi connectivity index (χ1v) is 6.84. The van der Waals surface area contributed by atoms with E-state index in [0.29, 0.717) is 5.15 Å². The van der Waals surface area contributed by atoms with Crippen molar-refractivity contribution in [1.29, 1.82) is 0 Å². The lowest BCUT2D eigenvalue weighted by molar-refractivity contribution is 0.669. The minimum absolute atomic E-state index is 0.559. The van der Waals surface area contributed by atoms with Crippen LogP contribution in [-0.2, 0) is 0 Å². The Morgan fingerprint density at radius 3 is 2.24 bits per heavy atom. The number of hydrogen-bond acceptors (Lipinski definition) is 3. The molecule has 0 amide bonds. The largest absolute Gasteiger partial charge is 0.356 e. The molecule has 0 aromatic carbocycles. The van der Waals surface area contributed by atoms with Gasteiger partial charge in [0.1, 0.15) is 16.8 Å². The Balaban J connectivity index is 1.78. The molecule has 17 heavy (non-hydrogen) atoms. The van der Waals surface area contributed by atoms with Crippen molar-refractivity contribution >= 4 is 17.4 Å². The standard InChI is InChI=1S/C13H18ClN3/c1-9-15-12(14)6-13(16-9)17(7-10-2-3-10)8-11-4-5-11/h6,10-11H,2-5,7-8H2,1H3. The van der Waals surface area contributed by atoms with Crippen molar-refractivity contribution in [2.45, 2.75) is 32.6 Å². The Kier molecular flexibility index (Phi) is 2.95. The van der Waals surface area contributed by atoms with Gasteiger partial charge < -0.3 is 4.90 Å². The van der Waals surface area contributed by atoms with Crippen molar-refractivity contribution < 1.29 is 0 Å². The molecule has 0 N–H and O–H groups in total. The number of anilines is 1. The highest BCUT2D eigenvalue weighted by atomic mass is 35.5. The molecule has 2 aliphatic rings. The summed E-state index contributed by atoms with van der Waals surface area (Å²) in [5.74, 6) is 3.54. The molecule has 2 fully saturated rings. The van der Waals surface area contributed by atoms with Crippen LogP contribution in [0, 0.1) is 18.8 Å². The van der Waals surface area contributed by atoms with E-state index in [0.717, 1.165) is 36.6 Å². The smallest absolute Gasteiger partial charge is 0.134 e. The fraction of sp³-hybridized carbons (Fsp3) is 0.692. The summed E-state index contributed by atoms with van der Waals surface area (Å²) in [6.07, 6.45) is 5.50. The van der Waals surface area contributed by atoms with Crippen LogP contribution in [0.2, 0.25) is 5.15 Å². The molecule has 0 radical (unpaired) electrons. The van der Waals surface area contributed by atoms with Crippen molar-refractivity contribution in [3.63, 3.8) is 0 Å². The van der Waals surface area contributed by atoms with Crippen LogP contribution in [-0.4, -0.2) is 23.1 Å². The number of aromatic nitrogens is 2. The summed E-state index contributed by atoms with van der Waals surface area (Å²) in [5, 5.41) is 0.559. The highest BCUT2D eigenvalue weighted by Gasteiger charge is 2.30. The van der Waals surface area contributed by atoms with E-state index < -0.39 is 0 Å². The Bertz CT molecular complexity index is 379. The third-order valence-electron chi connectivity index (χ3n) is 3.47. The summed E-state index contributed by atoms with van der Waals surface area (Å²) < 4.78 is 0. The van der Waals surface area contributed by atoms with Crippen LogP contribution >= 0.6 is 11.6 Å². The predicted octanol–water partition coefficient (Wildman–Crippen LogP) is 3.06. The Morgan fingerprint density at radius 1 is 1.18 bits per heavy atom. The molecule has 1 aromatic heterocycles. The summed E-state index contributed by atoms with van der Waals surface area (Å²) in [4.78, 5) is 11.1. The molecule has 3 rings (SSSR count). The molecule has 0 bridgehead atoms. The van der Waals surface area contributed by atoms with Gasteiger partial charge in [-0.1, -0.05) is 11.6 Å². The van der Waals surface area contributed by atoms with Gasteiger partial charge >= 0.3 is 0 Å². The van der Waals surface area contributed by atoms with Gasteiger partial charge in [-0.25, -0.2) is 9.97 Å². The highest BCUT2D eigenvalue weighted by molar-refractivity contribution is 6.29. The van der Waals surface area contributed by atoms with Crippen LogP contribution in [0.15, 0.2) is 6.07 Å². The van der Waals surface area contributed by atoms with Gasteiger partial charge in [-0.15, -0.1) is 0 Å². The summed E-state index contributed by atoms with van der Waals surface area (Å²) in [7, 11) is 0. The summed E-state index contributed by atoms with van der Waals surface area (Å²) in [6, 6.07) is 1.90. The number of halogens is 1. The lowest BCUT2D eigenvalue weighted by Gasteiger charge is -2.24. The average molecular weight is 252 g/mol. The van der Waals surface area contributed by atoms with Crippen molar-refractivity contribution in [3.05, 3.63) is 17.0 Å². The monoisotopic (exact) mass is 251 g/mol. The molecule has 3 nitrogen and oxygen atoms in total. The van der Waals surface area contributed by atoms with Crippen LogP contribution in [0.3, 0.4) is 0 Å². The predicted molar refractivity (Wildman–Crippen MR) is 69.4 cm³/mol. The van der Waals surface area contributed by atoms with E-state index in [2.05, 4.69) is 14.9 Å². The molecule has 92 valence electrons. The zero-order valence-corrected chi connectivity index (χ0v) is 11.0. The van der Waals surface area contributed by atoms with Crippen LogP contribution in [0.4, 0.5) is 5.82 Å². The maximum absolute atomic E-state index is 6.02. The molecule has 0 spiro atoms. The van der Waals surface area contributed by atoms with Gasteiger partial charge in [0.25, 0.3) is 0 Å². The Hall–Kier alpha value is -0.830. The molecule has 2 aliphatic carbocycles. The van der Waals surface area contributed by atoms with Gasteiger partial charge in [0.2, 0.25) is 0 Å². The van der Waals surface area contributed by atoms with Gasteiger partial charge in [-0.3, -0.25) is 0 Å². The van der Waals surface area contributed by atoms with Gasteiger partial charge in [-0.2, -0.15) is 0 Å². The van der Waals surface area contributed by atoms with Crippen molar-refractivity contribution in [2.24, 2.45) is 11.8 Å². The van der Waals surface area contributed by atoms with Gasteiger partial charge in [-0.05, 0) is 44.4 Å². The van der Waals surface area contributed by atoms with E-state index in [1.54, 1.807) is 0 Å².